The lowest BCUT2D eigenvalue weighted by Gasteiger charge is -2.32. The van der Waals surface area contributed by atoms with Crippen molar-refractivity contribution in [2.24, 2.45) is 0 Å². The second-order valence-corrected chi connectivity index (χ2v) is 18.1. The van der Waals surface area contributed by atoms with Gasteiger partial charge in [0.2, 0.25) is 11.8 Å². The monoisotopic (exact) mass is 830 g/mol. The zero-order chi connectivity index (χ0) is 42.9. The molecule has 0 aliphatic carbocycles. The summed E-state index contributed by atoms with van der Waals surface area (Å²) >= 11 is 1.89. The molecular weight excluding hydrogens is 781 g/mol. The van der Waals surface area contributed by atoms with Crippen molar-refractivity contribution in [1.82, 2.24) is 0 Å². The van der Waals surface area contributed by atoms with Gasteiger partial charge in [0.1, 0.15) is 0 Å². The number of anilines is 2. The molecule has 11 heteroatoms. The van der Waals surface area contributed by atoms with Crippen LogP contribution in [0, 0.1) is 23.7 Å². The van der Waals surface area contributed by atoms with E-state index in [-0.39, 0.29) is 29.3 Å². The molecule has 1 unspecified atom stereocenters. The molecule has 4 aromatic carbocycles. The number of esters is 2. The van der Waals surface area contributed by atoms with Crippen LogP contribution in [0.5, 0.6) is 0 Å². The van der Waals surface area contributed by atoms with Crippen molar-refractivity contribution in [3.8, 4) is 23.7 Å². The van der Waals surface area contributed by atoms with Crippen molar-refractivity contribution in [2.45, 2.75) is 88.9 Å². The van der Waals surface area contributed by atoms with Crippen molar-refractivity contribution >= 4 is 57.7 Å². The highest BCUT2D eigenvalue weighted by Gasteiger charge is 2.31. The summed E-state index contributed by atoms with van der Waals surface area (Å²) in [6.07, 6.45) is 2.01. The predicted molar refractivity (Wildman–Crippen MR) is 236 cm³/mol. The Morgan fingerprint density at radius 3 is 1.66 bits per heavy atom. The van der Waals surface area contributed by atoms with Crippen molar-refractivity contribution in [3.05, 3.63) is 117 Å². The molecule has 0 saturated heterocycles. The van der Waals surface area contributed by atoms with Crippen LogP contribution in [0.2, 0.25) is 0 Å². The number of benzene rings is 4. The topological polar surface area (TPSA) is 128 Å². The maximum absolute atomic E-state index is 12.3. The molecule has 59 heavy (non-hydrogen) atoms. The van der Waals surface area contributed by atoms with Gasteiger partial charge in [-0.25, -0.2) is 9.59 Å². The number of carbonyl (C=O) groups is 4. The molecule has 2 aliphatic rings. The van der Waals surface area contributed by atoms with Gasteiger partial charge in [-0.2, -0.15) is 0 Å². The normalized spacial score (nSPS) is 15.4. The molecule has 2 amide bonds. The average Bonchev–Trinajstić information content (AvgIpc) is 3.18. The average molecular weight is 831 g/mol. The van der Waals surface area contributed by atoms with E-state index in [0.717, 1.165) is 40.2 Å². The van der Waals surface area contributed by atoms with Crippen LogP contribution in [0.15, 0.2) is 82.6 Å². The molecule has 0 radical (unpaired) electrons. The van der Waals surface area contributed by atoms with Crippen molar-refractivity contribution in [3.63, 3.8) is 0 Å². The largest absolute Gasteiger partial charge is 0.462 e. The lowest BCUT2D eigenvalue weighted by atomic mass is 9.81. The molecule has 0 spiro atoms. The highest BCUT2D eigenvalue weighted by Crippen LogP contribution is 2.42. The number of hydrogen-bond donors (Lipinski definition) is 2. The lowest BCUT2D eigenvalue weighted by molar-refractivity contribution is -0.115. The van der Waals surface area contributed by atoms with E-state index in [2.05, 4.69) is 74.1 Å². The summed E-state index contributed by atoms with van der Waals surface area (Å²) in [6.45, 7) is 15.7. The molecule has 2 N–H and O–H groups in total. The summed E-state index contributed by atoms with van der Waals surface area (Å²) in [5.41, 5.74) is 7.18. The number of hydrogen-bond acceptors (Lipinski definition) is 8. The van der Waals surface area contributed by atoms with E-state index in [1.165, 1.54) is 24.3 Å². The summed E-state index contributed by atoms with van der Waals surface area (Å²) in [5.74, 6) is 13.0. The molecule has 1 atom stereocenters. The Bertz CT molecular complexity index is 2450. The maximum Gasteiger partial charge on any atom is 0.338 e. The SMILES string of the molecule is CCOC(=O)c1ccc(C#Cc2ccc3c(c2)C(C)(C)CCS3)c(NC(C)=O)c1.CCOC(=O)c1ccc(C#Cc2ccc3c(c2)C(C)(C)CCS3=O)c(NC(C)=O)c1. The van der Waals surface area contributed by atoms with Crippen LogP contribution in [0.1, 0.15) is 122 Å². The van der Waals surface area contributed by atoms with Gasteiger partial charge in [-0.05, 0) is 127 Å². The minimum atomic E-state index is -0.969. The van der Waals surface area contributed by atoms with E-state index in [9.17, 15) is 23.4 Å². The number of ether oxygens (including phenoxy) is 2. The Labute approximate surface area is 354 Å². The Balaban J connectivity index is 0.000000224. The van der Waals surface area contributed by atoms with Gasteiger partial charge >= 0.3 is 11.9 Å². The van der Waals surface area contributed by atoms with Gasteiger partial charge in [0.15, 0.2) is 0 Å². The first kappa shape index (κ1) is 44.5. The van der Waals surface area contributed by atoms with Gasteiger partial charge in [-0.15, -0.1) is 11.8 Å². The van der Waals surface area contributed by atoms with Crippen LogP contribution in [0.4, 0.5) is 11.4 Å². The van der Waals surface area contributed by atoms with Crippen LogP contribution in [0.3, 0.4) is 0 Å². The third-order valence-electron chi connectivity index (χ3n) is 9.93. The molecule has 306 valence electrons. The molecule has 4 aromatic rings. The number of thioether (sulfide) groups is 1. The van der Waals surface area contributed by atoms with Gasteiger partial charge in [-0.3, -0.25) is 13.8 Å². The molecule has 2 aliphatic heterocycles. The van der Waals surface area contributed by atoms with Gasteiger partial charge in [0, 0.05) is 51.6 Å². The smallest absolute Gasteiger partial charge is 0.338 e. The van der Waals surface area contributed by atoms with Crippen LogP contribution in [0.25, 0.3) is 0 Å². The van der Waals surface area contributed by atoms with Crippen LogP contribution in [-0.2, 0) is 40.7 Å². The number of amides is 2. The Morgan fingerprint density at radius 1 is 0.661 bits per heavy atom. The number of nitrogens with one attached hydrogen (secondary N) is 2. The summed E-state index contributed by atoms with van der Waals surface area (Å²) in [4.78, 5) is 49.4. The number of carbonyl (C=O) groups excluding carboxylic acids is 4. The molecule has 0 bridgehead atoms. The summed E-state index contributed by atoms with van der Waals surface area (Å²) in [7, 11) is -0.969. The second kappa shape index (κ2) is 19.4. The van der Waals surface area contributed by atoms with E-state index in [1.54, 1.807) is 50.2 Å². The molecule has 0 saturated carbocycles. The van der Waals surface area contributed by atoms with Crippen LogP contribution >= 0.6 is 11.8 Å². The fourth-order valence-corrected chi connectivity index (χ4v) is 9.80. The van der Waals surface area contributed by atoms with Crippen LogP contribution < -0.4 is 10.6 Å². The minimum absolute atomic E-state index is 0.0520. The van der Waals surface area contributed by atoms with E-state index in [0.29, 0.717) is 46.0 Å². The second-order valence-electron chi connectivity index (χ2n) is 15.4. The van der Waals surface area contributed by atoms with E-state index >= 15 is 0 Å². The number of rotatable bonds is 6. The summed E-state index contributed by atoms with van der Waals surface area (Å²) in [5, 5.41) is 5.48. The first-order chi connectivity index (χ1) is 28.0. The third-order valence-corrected chi connectivity index (χ3v) is 12.4. The van der Waals surface area contributed by atoms with E-state index < -0.39 is 22.7 Å². The molecule has 0 aromatic heterocycles. The fraction of sp³-hybridized carbons (Fsp3) is 0.333. The van der Waals surface area contributed by atoms with Gasteiger partial charge in [0.25, 0.3) is 0 Å². The molecule has 2 heterocycles. The first-order valence-corrected chi connectivity index (χ1v) is 21.8. The fourth-order valence-electron chi connectivity index (χ4n) is 6.60. The predicted octanol–water partition coefficient (Wildman–Crippen LogP) is 9.01. The van der Waals surface area contributed by atoms with Gasteiger partial charge in [0.05, 0.1) is 46.5 Å². The van der Waals surface area contributed by atoms with Crippen molar-refractivity contribution < 1.29 is 32.9 Å². The van der Waals surface area contributed by atoms with Crippen molar-refractivity contribution in [1.29, 1.82) is 0 Å². The van der Waals surface area contributed by atoms with E-state index in [1.807, 2.05) is 36.0 Å². The lowest BCUT2D eigenvalue weighted by Crippen LogP contribution is -2.27. The summed E-state index contributed by atoms with van der Waals surface area (Å²) in [6, 6.07) is 22.0. The Morgan fingerprint density at radius 2 is 1.15 bits per heavy atom. The first-order valence-electron chi connectivity index (χ1n) is 19.5. The molecule has 6 rings (SSSR count). The van der Waals surface area contributed by atoms with Gasteiger partial charge in [-0.1, -0.05) is 51.4 Å². The Kier molecular flexibility index (Phi) is 14.6. The zero-order valence-corrected chi connectivity index (χ0v) is 36.5. The highest BCUT2D eigenvalue weighted by atomic mass is 32.2. The third kappa shape index (κ3) is 11.5. The standard InChI is InChI=1S/C24H25NO4S.C24H25NO3S/c1-5-29-23(27)19-10-9-18(21(15-19)25-16(2)26)8-6-17-7-11-22-20(14-17)24(3,4)12-13-30(22)28;1-5-28-23(27)19-10-9-18(21(15-19)25-16(2)26)8-6-17-7-11-22-20(14-17)24(3,4)12-13-29-22/h7,9-11,14-15H,5,12-13H2,1-4H3,(H,25,26);7,9-11,14-15H,5,12-13H2,1-4H3,(H,25,26). The minimum Gasteiger partial charge on any atom is -0.462 e. The Hall–Kier alpha value is -5.62. The van der Waals surface area contributed by atoms with Crippen LogP contribution in [-0.4, -0.2) is 52.7 Å². The highest BCUT2D eigenvalue weighted by molar-refractivity contribution is 7.99. The van der Waals surface area contributed by atoms with Crippen molar-refractivity contribution in [2.75, 3.05) is 35.4 Å². The quantitative estimate of drug-likeness (QED) is 0.146. The van der Waals surface area contributed by atoms with E-state index in [4.69, 9.17) is 9.47 Å². The molecular formula is C48H50N2O7S2. The molecule has 9 nitrogen and oxygen atoms in total. The number of fused-ring (bicyclic) bond motifs is 2. The summed E-state index contributed by atoms with van der Waals surface area (Å²) < 4.78 is 22.4. The maximum atomic E-state index is 12.3. The molecule has 0 fully saturated rings. The zero-order valence-electron chi connectivity index (χ0n) is 34.8. The van der Waals surface area contributed by atoms with Gasteiger partial charge < -0.3 is 20.1 Å².